The normalized spacial score (nSPS) is 12.6. The summed E-state index contributed by atoms with van der Waals surface area (Å²) >= 11 is 0. The molecule has 0 bridgehead atoms. The second-order valence-electron chi connectivity index (χ2n) is 6.70. The second kappa shape index (κ2) is 7.26. The molecule has 4 rings (SSSR count). The van der Waals surface area contributed by atoms with E-state index in [1.54, 1.807) is 43.7 Å². The summed E-state index contributed by atoms with van der Waals surface area (Å²) in [5, 5.41) is 2.83. The minimum absolute atomic E-state index is 0.0496. The van der Waals surface area contributed by atoms with Gasteiger partial charge in [-0.3, -0.25) is 14.4 Å². The van der Waals surface area contributed by atoms with Crippen molar-refractivity contribution in [3.05, 3.63) is 76.8 Å². The number of benzene rings is 1. The maximum absolute atomic E-state index is 12.9. The van der Waals surface area contributed by atoms with Crippen LogP contribution in [0.15, 0.2) is 47.4 Å². The summed E-state index contributed by atoms with van der Waals surface area (Å²) in [6, 6.07) is 6.58. The standard InChI is InChI=1S/C21H19N3O4/c1-13-16(21(27)23-8-4-5-10-24-11-9-22-12-24)17-18(25)14-6-2-3-7-15(14)19(26)20(17)28-13/h2-3,6-7,9,11-12H,4-5,8,10H2,1H3,(H,23,27). The van der Waals surface area contributed by atoms with Gasteiger partial charge < -0.3 is 14.3 Å². The molecule has 0 saturated heterocycles. The van der Waals surface area contributed by atoms with E-state index >= 15 is 0 Å². The van der Waals surface area contributed by atoms with Crippen LogP contribution in [0, 0.1) is 6.92 Å². The van der Waals surface area contributed by atoms with Crippen molar-refractivity contribution in [3.63, 3.8) is 0 Å². The number of hydrogen-bond acceptors (Lipinski definition) is 5. The lowest BCUT2D eigenvalue weighted by atomic mass is 9.86. The van der Waals surface area contributed by atoms with Gasteiger partial charge >= 0.3 is 0 Å². The van der Waals surface area contributed by atoms with Crippen LogP contribution < -0.4 is 5.32 Å². The van der Waals surface area contributed by atoms with Gasteiger partial charge in [0, 0.05) is 36.6 Å². The third-order valence-corrected chi connectivity index (χ3v) is 4.85. The van der Waals surface area contributed by atoms with Crippen LogP contribution in [-0.2, 0) is 6.54 Å². The molecule has 1 N–H and O–H groups in total. The van der Waals surface area contributed by atoms with Crippen LogP contribution in [0.3, 0.4) is 0 Å². The monoisotopic (exact) mass is 377 g/mol. The first-order chi connectivity index (χ1) is 13.6. The van der Waals surface area contributed by atoms with Crippen molar-refractivity contribution in [2.75, 3.05) is 6.54 Å². The van der Waals surface area contributed by atoms with Gasteiger partial charge in [-0.25, -0.2) is 4.98 Å². The molecule has 0 unspecified atom stereocenters. The fourth-order valence-corrected chi connectivity index (χ4v) is 3.46. The maximum atomic E-state index is 12.9. The van der Waals surface area contributed by atoms with Gasteiger partial charge in [-0.15, -0.1) is 0 Å². The van der Waals surface area contributed by atoms with Crippen molar-refractivity contribution >= 4 is 17.5 Å². The molecule has 0 saturated carbocycles. The molecule has 2 aromatic heterocycles. The summed E-state index contributed by atoms with van der Waals surface area (Å²) in [6.07, 6.45) is 7.02. The highest BCUT2D eigenvalue weighted by Crippen LogP contribution is 2.33. The van der Waals surface area contributed by atoms with E-state index in [1.165, 1.54) is 0 Å². The molecule has 3 aromatic rings. The first-order valence-electron chi connectivity index (χ1n) is 9.13. The first kappa shape index (κ1) is 17.9. The van der Waals surface area contributed by atoms with E-state index in [1.807, 2.05) is 10.8 Å². The number of hydrogen-bond donors (Lipinski definition) is 1. The highest BCUT2D eigenvalue weighted by Gasteiger charge is 2.38. The van der Waals surface area contributed by atoms with Crippen molar-refractivity contribution in [2.24, 2.45) is 0 Å². The number of ketones is 2. The minimum atomic E-state index is -0.398. The Kier molecular flexibility index (Phi) is 4.65. The Labute approximate surface area is 161 Å². The molecule has 7 nitrogen and oxygen atoms in total. The number of aryl methyl sites for hydroxylation is 2. The molecule has 0 aliphatic heterocycles. The van der Waals surface area contributed by atoms with Gasteiger partial charge in [-0.05, 0) is 19.8 Å². The Bertz CT molecular complexity index is 1060. The lowest BCUT2D eigenvalue weighted by Gasteiger charge is -2.13. The second-order valence-corrected chi connectivity index (χ2v) is 6.70. The Morgan fingerprint density at radius 1 is 1.14 bits per heavy atom. The summed E-state index contributed by atoms with van der Waals surface area (Å²) < 4.78 is 7.51. The van der Waals surface area contributed by atoms with Crippen LogP contribution in [0.1, 0.15) is 61.0 Å². The predicted molar refractivity (Wildman–Crippen MR) is 101 cm³/mol. The Hall–Kier alpha value is -3.48. The van der Waals surface area contributed by atoms with Gasteiger partial charge in [0.25, 0.3) is 5.91 Å². The van der Waals surface area contributed by atoms with E-state index in [4.69, 9.17) is 4.42 Å². The van der Waals surface area contributed by atoms with Gasteiger partial charge in [0.2, 0.25) is 5.78 Å². The number of furan rings is 1. The number of rotatable bonds is 6. The number of fused-ring (bicyclic) bond motifs is 2. The van der Waals surface area contributed by atoms with E-state index in [2.05, 4.69) is 10.3 Å². The molecule has 7 heteroatoms. The molecule has 0 atom stereocenters. The van der Waals surface area contributed by atoms with E-state index in [0.29, 0.717) is 17.7 Å². The largest absolute Gasteiger partial charge is 0.456 e. The van der Waals surface area contributed by atoms with Gasteiger partial charge in [0.15, 0.2) is 11.5 Å². The maximum Gasteiger partial charge on any atom is 0.255 e. The van der Waals surface area contributed by atoms with Gasteiger partial charge in [-0.2, -0.15) is 0 Å². The van der Waals surface area contributed by atoms with Crippen molar-refractivity contribution in [2.45, 2.75) is 26.3 Å². The van der Waals surface area contributed by atoms with Gasteiger partial charge in [0.05, 0.1) is 17.5 Å². The van der Waals surface area contributed by atoms with E-state index in [-0.39, 0.29) is 34.2 Å². The topological polar surface area (TPSA) is 94.2 Å². The number of unbranched alkanes of at least 4 members (excludes halogenated alkanes) is 1. The van der Waals surface area contributed by atoms with Crippen LogP contribution in [0.5, 0.6) is 0 Å². The molecule has 1 amide bonds. The molecule has 2 heterocycles. The smallest absolute Gasteiger partial charge is 0.255 e. The zero-order valence-corrected chi connectivity index (χ0v) is 15.4. The highest BCUT2D eigenvalue weighted by atomic mass is 16.4. The van der Waals surface area contributed by atoms with Crippen LogP contribution >= 0.6 is 0 Å². The molecule has 1 aliphatic rings. The quantitative estimate of drug-likeness (QED) is 0.522. The molecule has 0 fully saturated rings. The number of nitrogens with zero attached hydrogens (tertiary/aromatic N) is 2. The molecule has 28 heavy (non-hydrogen) atoms. The SMILES string of the molecule is Cc1oc2c(c1C(=O)NCCCCn1ccnc1)C(=O)c1ccccc1C2=O. The van der Waals surface area contributed by atoms with Crippen LogP contribution in [-0.4, -0.2) is 33.6 Å². The van der Waals surface area contributed by atoms with E-state index in [0.717, 1.165) is 19.4 Å². The van der Waals surface area contributed by atoms with Crippen LogP contribution in [0.4, 0.5) is 0 Å². The van der Waals surface area contributed by atoms with Crippen LogP contribution in [0.2, 0.25) is 0 Å². The number of nitrogens with one attached hydrogen (secondary N) is 1. The molecular weight excluding hydrogens is 358 g/mol. The van der Waals surface area contributed by atoms with Crippen molar-refractivity contribution in [3.8, 4) is 0 Å². The first-order valence-corrected chi connectivity index (χ1v) is 9.13. The minimum Gasteiger partial charge on any atom is -0.456 e. The Morgan fingerprint density at radius 3 is 2.61 bits per heavy atom. The average molecular weight is 377 g/mol. The summed E-state index contributed by atoms with van der Waals surface area (Å²) in [6.45, 7) is 2.88. The van der Waals surface area contributed by atoms with E-state index < -0.39 is 5.91 Å². The predicted octanol–water partition coefficient (Wildman–Crippen LogP) is 2.77. The molecule has 1 aliphatic carbocycles. The zero-order chi connectivity index (χ0) is 19.7. The lowest BCUT2D eigenvalue weighted by Crippen LogP contribution is -2.28. The Morgan fingerprint density at radius 2 is 1.89 bits per heavy atom. The van der Waals surface area contributed by atoms with Gasteiger partial charge in [0.1, 0.15) is 5.76 Å². The third kappa shape index (κ3) is 3.05. The lowest BCUT2D eigenvalue weighted by molar-refractivity contribution is 0.0937. The summed E-state index contributed by atoms with van der Waals surface area (Å²) in [5.41, 5.74) is 0.824. The van der Waals surface area contributed by atoms with E-state index in [9.17, 15) is 14.4 Å². The van der Waals surface area contributed by atoms with Crippen LogP contribution in [0.25, 0.3) is 0 Å². The fraction of sp³-hybridized carbons (Fsp3) is 0.238. The number of amides is 1. The zero-order valence-electron chi connectivity index (χ0n) is 15.4. The molecule has 0 spiro atoms. The number of carbonyl (C=O) groups excluding carboxylic acids is 3. The third-order valence-electron chi connectivity index (χ3n) is 4.85. The molecule has 0 radical (unpaired) electrons. The van der Waals surface area contributed by atoms with Gasteiger partial charge in [-0.1, -0.05) is 24.3 Å². The average Bonchev–Trinajstić information content (AvgIpc) is 3.33. The summed E-state index contributed by atoms with van der Waals surface area (Å²) in [7, 11) is 0. The van der Waals surface area contributed by atoms with Crippen molar-refractivity contribution in [1.29, 1.82) is 0 Å². The fourth-order valence-electron chi connectivity index (χ4n) is 3.46. The molecule has 142 valence electrons. The van der Waals surface area contributed by atoms with Crippen molar-refractivity contribution < 1.29 is 18.8 Å². The number of imidazole rings is 1. The van der Waals surface area contributed by atoms with Crippen molar-refractivity contribution in [1.82, 2.24) is 14.9 Å². The molecule has 1 aromatic carbocycles. The Balaban J connectivity index is 1.48. The highest BCUT2D eigenvalue weighted by molar-refractivity contribution is 6.30. The summed E-state index contributed by atoms with van der Waals surface area (Å²) in [4.78, 5) is 42.3. The summed E-state index contributed by atoms with van der Waals surface area (Å²) in [5.74, 6) is -0.896. The number of carbonyl (C=O) groups is 3. The molecular formula is C21H19N3O4. The number of aromatic nitrogens is 2.